The van der Waals surface area contributed by atoms with Crippen LogP contribution >= 0.6 is 0 Å². The molecular formula is C24H28N2O6. The molecular weight excluding hydrogens is 412 g/mol. The van der Waals surface area contributed by atoms with Gasteiger partial charge < -0.3 is 24.8 Å². The van der Waals surface area contributed by atoms with E-state index in [4.69, 9.17) is 14.2 Å². The topological polar surface area (TPSA) is 103 Å². The third-order valence-electron chi connectivity index (χ3n) is 4.96. The monoisotopic (exact) mass is 440 g/mol. The van der Waals surface area contributed by atoms with Gasteiger partial charge in [0.25, 0.3) is 11.8 Å². The van der Waals surface area contributed by atoms with Crippen molar-refractivity contribution in [3.05, 3.63) is 59.7 Å². The third kappa shape index (κ3) is 6.23. The van der Waals surface area contributed by atoms with Crippen molar-refractivity contribution in [1.29, 1.82) is 0 Å². The molecule has 1 heterocycles. The van der Waals surface area contributed by atoms with Crippen LogP contribution in [-0.4, -0.2) is 49.7 Å². The number of amides is 2. The van der Waals surface area contributed by atoms with Crippen molar-refractivity contribution < 1.29 is 28.6 Å². The fourth-order valence-electron chi connectivity index (χ4n) is 3.10. The Morgan fingerprint density at radius 2 is 1.75 bits per heavy atom. The first-order chi connectivity index (χ1) is 15.3. The zero-order chi connectivity index (χ0) is 23.1. The Balaban J connectivity index is 1.44. The van der Waals surface area contributed by atoms with Crippen LogP contribution in [0, 0.1) is 12.8 Å². The molecule has 0 aromatic heterocycles. The highest BCUT2D eigenvalue weighted by atomic mass is 16.6. The van der Waals surface area contributed by atoms with Crippen LogP contribution in [0.4, 0.5) is 0 Å². The van der Waals surface area contributed by atoms with Crippen molar-refractivity contribution in [1.82, 2.24) is 10.6 Å². The summed E-state index contributed by atoms with van der Waals surface area (Å²) in [6, 6.07) is 13.4. The van der Waals surface area contributed by atoms with Gasteiger partial charge in [0, 0.05) is 5.56 Å². The van der Waals surface area contributed by atoms with Gasteiger partial charge >= 0.3 is 5.97 Å². The minimum atomic E-state index is -0.872. The minimum absolute atomic E-state index is 0.211. The summed E-state index contributed by atoms with van der Waals surface area (Å²) in [7, 11) is 0. The second-order valence-corrected chi connectivity index (χ2v) is 7.97. The number of carbonyl (C=O) groups excluding carboxylic acids is 3. The van der Waals surface area contributed by atoms with Gasteiger partial charge in [0.15, 0.2) is 18.1 Å². The number of esters is 1. The number of ether oxygens (including phenoxy) is 3. The number of nitrogens with one attached hydrogen (secondary N) is 2. The summed E-state index contributed by atoms with van der Waals surface area (Å²) in [6.45, 7) is 5.57. The van der Waals surface area contributed by atoms with Gasteiger partial charge in [-0.05, 0) is 37.1 Å². The van der Waals surface area contributed by atoms with Gasteiger partial charge in [-0.3, -0.25) is 9.59 Å². The van der Waals surface area contributed by atoms with Crippen molar-refractivity contribution in [3.63, 3.8) is 0 Å². The second kappa shape index (κ2) is 10.7. The van der Waals surface area contributed by atoms with Crippen LogP contribution in [0.15, 0.2) is 48.5 Å². The molecule has 0 fully saturated rings. The molecule has 32 heavy (non-hydrogen) atoms. The lowest BCUT2D eigenvalue weighted by Crippen LogP contribution is -2.46. The molecule has 8 nitrogen and oxygen atoms in total. The highest BCUT2D eigenvalue weighted by molar-refractivity contribution is 5.97. The largest absolute Gasteiger partial charge is 0.486 e. The van der Waals surface area contributed by atoms with Crippen molar-refractivity contribution in [3.8, 4) is 11.5 Å². The minimum Gasteiger partial charge on any atom is -0.486 e. The maximum atomic E-state index is 12.5. The van der Waals surface area contributed by atoms with Crippen molar-refractivity contribution in [2.45, 2.75) is 32.9 Å². The fraction of sp³-hybridized carbons (Fsp3) is 0.375. The van der Waals surface area contributed by atoms with Gasteiger partial charge in [-0.1, -0.05) is 43.7 Å². The molecule has 0 radical (unpaired) electrons. The van der Waals surface area contributed by atoms with Crippen LogP contribution < -0.4 is 20.1 Å². The normalized spacial score (nSPS) is 15.6. The molecule has 1 unspecified atom stereocenters. The predicted octanol–water partition coefficient (Wildman–Crippen LogP) is 2.25. The molecule has 0 spiro atoms. The van der Waals surface area contributed by atoms with Gasteiger partial charge in [0.05, 0.1) is 6.54 Å². The molecule has 2 amide bonds. The summed E-state index contributed by atoms with van der Waals surface area (Å²) in [4.78, 5) is 37.1. The van der Waals surface area contributed by atoms with Gasteiger partial charge in [-0.25, -0.2) is 4.79 Å². The van der Waals surface area contributed by atoms with E-state index in [1.807, 2.05) is 37.3 Å². The standard InChI is InChI=1S/C24H28N2O6/c1-15(2)22(26-23(28)17-10-8-16(3)9-11-17)24(29)31-14-21(27)25-12-18-13-30-19-6-4-5-7-20(19)32-18/h4-11,15,18,22H,12-14H2,1-3H3,(H,25,27)(H,26,28)/t18?,22-/m0/s1. The molecule has 2 aromatic carbocycles. The van der Waals surface area contributed by atoms with Crippen LogP contribution in [0.2, 0.25) is 0 Å². The average molecular weight is 440 g/mol. The zero-order valence-corrected chi connectivity index (χ0v) is 18.4. The molecule has 1 aliphatic rings. The van der Waals surface area contributed by atoms with E-state index in [1.54, 1.807) is 32.0 Å². The Hall–Kier alpha value is -3.55. The molecule has 170 valence electrons. The average Bonchev–Trinajstić information content (AvgIpc) is 2.79. The highest BCUT2D eigenvalue weighted by Gasteiger charge is 2.27. The zero-order valence-electron chi connectivity index (χ0n) is 18.4. The number of hydrogen-bond donors (Lipinski definition) is 2. The summed E-state index contributed by atoms with van der Waals surface area (Å²) in [5, 5.41) is 5.36. The third-order valence-corrected chi connectivity index (χ3v) is 4.96. The maximum Gasteiger partial charge on any atom is 0.329 e. The van der Waals surface area contributed by atoms with E-state index in [0.717, 1.165) is 5.56 Å². The van der Waals surface area contributed by atoms with Gasteiger partial charge in [0.1, 0.15) is 18.8 Å². The van der Waals surface area contributed by atoms with E-state index < -0.39 is 24.5 Å². The van der Waals surface area contributed by atoms with Crippen LogP contribution in [0.1, 0.15) is 29.8 Å². The van der Waals surface area contributed by atoms with Crippen molar-refractivity contribution in [2.24, 2.45) is 5.92 Å². The summed E-state index contributed by atoms with van der Waals surface area (Å²) in [6.07, 6.45) is -0.346. The molecule has 8 heteroatoms. The van der Waals surface area contributed by atoms with Crippen molar-refractivity contribution >= 4 is 17.8 Å². The van der Waals surface area contributed by atoms with E-state index in [0.29, 0.717) is 23.7 Å². The van der Waals surface area contributed by atoms with E-state index in [-0.39, 0.29) is 24.5 Å². The van der Waals surface area contributed by atoms with E-state index in [2.05, 4.69) is 10.6 Å². The molecule has 0 saturated carbocycles. The maximum absolute atomic E-state index is 12.5. The summed E-state index contributed by atoms with van der Waals surface area (Å²) in [5.74, 6) is -0.437. The number of rotatable bonds is 8. The summed E-state index contributed by atoms with van der Waals surface area (Å²) >= 11 is 0. The molecule has 0 bridgehead atoms. The Bertz CT molecular complexity index is 957. The molecule has 2 aromatic rings. The van der Waals surface area contributed by atoms with Gasteiger partial charge in [-0.15, -0.1) is 0 Å². The summed E-state index contributed by atoms with van der Waals surface area (Å²) < 4.78 is 16.5. The van der Waals surface area contributed by atoms with Crippen molar-refractivity contribution in [2.75, 3.05) is 19.8 Å². The van der Waals surface area contributed by atoms with Gasteiger partial charge in [0.2, 0.25) is 0 Å². The molecule has 0 saturated heterocycles. The lowest BCUT2D eigenvalue weighted by atomic mass is 10.0. The number of benzene rings is 2. The first-order valence-corrected chi connectivity index (χ1v) is 10.5. The number of aryl methyl sites for hydroxylation is 1. The second-order valence-electron chi connectivity index (χ2n) is 7.97. The number of para-hydroxylation sites is 2. The quantitative estimate of drug-likeness (QED) is 0.611. The number of carbonyl (C=O) groups is 3. The van der Waals surface area contributed by atoms with Crippen LogP contribution in [0.3, 0.4) is 0 Å². The Labute approximate surface area is 187 Å². The lowest BCUT2D eigenvalue weighted by Gasteiger charge is -2.26. The molecule has 2 atom stereocenters. The highest BCUT2D eigenvalue weighted by Crippen LogP contribution is 2.30. The van der Waals surface area contributed by atoms with E-state index in [1.165, 1.54) is 0 Å². The Morgan fingerprint density at radius 1 is 1.06 bits per heavy atom. The molecule has 0 aliphatic carbocycles. The van der Waals surface area contributed by atoms with E-state index >= 15 is 0 Å². The first kappa shape index (κ1) is 23.1. The molecule has 1 aliphatic heterocycles. The molecule has 2 N–H and O–H groups in total. The Morgan fingerprint density at radius 3 is 2.44 bits per heavy atom. The van der Waals surface area contributed by atoms with Gasteiger partial charge in [-0.2, -0.15) is 0 Å². The number of fused-ring (bicyclic) bond motifs is 1. The first-order valence-electron chi connectivity index (χ1n) is 10.5. The van der Waals surface area contributed by atoms with Crippen LogP contribution in [0.5, 0.6) is 11.5 Å². The molecule has 3 rings (SSSR count). The van der Waals surface area contributed by atoms with Crippen LogP contribution in [-0.2, 0) is 14.3 Å². The lowest BCUT2D eigenvalue weighted by molar-refractivity contribution is -0.151. The Kier molecular flexibility index (Phi) is 7.70. The van der Waals surface area contributed by atoms with Crippen LogP contribution in [0.25, 0.3) is 0 Å². The summed E-state index contributed by atoms with van der Waals surface area (Å²) in [5.41, 5.74) is 1.48. The fourth-order valence-corrected chi connectivity index (χ4v) is 3.10. The number of hydrogen-bond acceptors (Lipinski definition) is 6. The van der Waals surface area contributed by atoms with E-state index in [9.17, 15) is 14.4 Å². The predicted molar refractivity (Wildman–Crippen MR) is 118 cm³/mol. The smallest absolute Gasteiger partial charge is 0.329 e. The SMILES string of the molecule is Cc1ccc(C(=O)N[C@H](C(=O)OCC(=O)NCC2COc3ccccc3O2)C(C)C)cc1.